The first kappa shape index (κ1) is 24.0. The zero-order chi connectivity index (χ0) is 25.3. The highest BCUT2D eigenvalue weighted by Gasteiger charge is 2.34. The fraction of sp³-hybridized carbons (Fsp3) is 0.259. The van der Waals surface area contributed by atoms with Gasteiger partial charge in [-0.3, -0.25) is 14.1 Å². The number of fused-ring (bicyclic) bond motifs is 1. The Balaban J connectivity index is 1.41. The van der Waals surface area contributed by atoms with Gasteiger partial charge in [-0.2, -0.15) is 13.2 Å². The molecule has 3 heterocycles. The maximum atomic E-state index is 13.9. The number of nitrogens with one attached hydrogen (secondary N) is 1. The number of aromatic nitrogens is 2. The van der Waals surface area contributed by atoms with Crippen LogP contribution in [0.1, 0.15) is 27.0 Å². The topological polar surface area (TPSA) is 58.9 Å². The number of imidazole rings is 1. The van der Waals surface area contributed by atoms with Gasteiger partial charge in [-0.05, 0) is 54.4 Å². The second-order valence-corrected chi connectivity index (χ2v) is 8.81. The number of carbonyl (C=O) groups is 1. The molecule has 0 aliphatic carbocycles. The standard InChI is InChI=1S/C27H25F3N4O2/c1-18-5-6-19(14-22(18)24-16-31-25-4-2-3-9-34(24)25)26(35)32-21-8-7-20(23(15-21)27(28,29)30)17-33-10-12-36-13-11-33/h2-9,14-16H,10-13,17H2,1H3,(H,32,35). The van der Waals surface area contributed by atoms with E-state index in [4.69, 9.17) is 4.74 Å². The minimum atomic E-state index is -4.54. The molecule has 186 valence electrons. The second-order valence-electron chi connectivity index (χ2n) is 8.81. The quantitative estimate of drug-likeness (QED) is 0.403. The first-order valence-corrected chi connectivity index (χ1v) is 11.6. The molecule has 0 unspecified atom stereocenters. The number of rotatable bonds is 5. The highest BCUT2D eigenvalue weighted by Crippen LogP contribution is 2.35. The van der Waals surface area contributed by atoms with Crippen molar-refractivity contribution in [1.29, 1.82) is 0 Å². The number of ether oxygens (including phenoxy) is 1. The predicted octanol–water partition coefficient (Wildman–Crippen LogP) is 5.41. The summed E-state index contributed by atoms with van der Waals surface area (Å²) in [4.78, 5) is 19.4. The van der Waals surface area contributed by atoms with Gasteiger partial charge in [0.25, 0.3) is 5.91 Å². The first-order valence-electron chi connectivity index (χ1n) is 11.6. The number of nitrogens with zero attached hydrogens (tertiary/aromatic N) is 3. The number of hydrogen-bond acceptors (Lipinski definition) is 4. The Morgan fingerprint density at radius 1 is 1.08 bits per heavy atom. The Kier molecular flexibility index (Phi) is 6.51. The van der Waals surface area contributed by atoms with Crippen LogP contribution in [0, 0.1) is 6.92 Å². The maximum Gasteiger partial charge on any atom is 0.416 e. The Labute approximate surface area is 206 Å². The highest BCUT2D eigenvalue weighted by atomic mass is 19.4. The lowest BCUT2D eigenvalue weighted by Gasteiger charge is -2.27. The average molecular weight is 495 g/mol. The maximum absolute atomic E-state index is 13.9. The number of pyridine rings is 1. The molecule has 0 spiro atoms. The summed E-state index contributed by atoms with van der Waals surface area (Å²) in [7, 11) is 0. The molecule has 0 atom stereocenters. The zero-order valence-electron chi connectivity index (χ0n) is 19.7. The van der Waals surface area contributed by atoms with E-state index in [-0.39, 0.29) is 17.8 Å². The van der Waals surface area contributed by atoms with Crippen molar-refractivity contribution in [2.24, 2.45) is 0 Å². The van der Waals surface area contributed by atoms with Gasteiger partial charge in [-0.25, -0.2) is 4.98 Å². The van der Waals surface area contributed by atoms with Crippen LogP contribution in [0.3, 0.4) is 0 Å². The van der Waals surface area contributed by atoms with Crippen LogP contribution in [0.25, 0.3) is 16.9 Å². The molecular formula is C27H25F3N4O2. The zero-order valence-corrected chi connectivity index (χ0v) is 19.7. The van der Waals surface area contributed by atoms with E-state index in [0.29, 0.717) is 31.9 Å². The van der Waals surface area contributed by atoms with Crippen LogP contribution in [0.5, 0.6) is 0 Å². The van der Waals surface area contributed by atoms with Crippen molar-refractivity contribution < 1.29 is 22.7 Å². The third kappa shape index (κ3) is 4.98. The van der Waals surface area contributed by atoms with Crippen molar-refractivity contribution in [3.05, 3.63) is 89.2 Å². The predicted molar refractivity (Wildman–Crippen MR) is 131 cm³/mol. The smallest absolute Gasteiger partial charge is 0.379 e. The molecule has 1 saturated heterocycles. The second kappa shape index (κ2) is 9.75. The molecule has 2 aromatic heterocycles. The molecule has 5 rings (SSSR count). The molecule has 1 aliphatic rings. The van der Waals surface area contributed by atoms with Crippen molar-refractivity contribution in [1.82, 2.24) is 14.3 Å². The molecule has 1 aliphatic heterocycles. The normalized spacial score (nSPS) is 14.8. The van der Waals surface area contributed by atoms with Crippen LogP contribution in [0.4, 0.5) is 18.9 Å². The van der Waals surface area contributed by atoms with Crippen molar-refractivity contribution in [2.45, 2.75) is 19.6 Å². The van der Waals surface area contributed by atoms with Gasteiger partial charge in [0, 0.05) is 42.6 Å². The van der Waals surface area contributed by atoms with Crippen LogP contribution in [0.2, 0.25) is 0 Å². The van der Waals surface area contributed by atoms with E-state index in [9.17, 15) is 18.0 Å². The van der Waals surface area contributed by atoms with Gasteiger partial charge in [0.15, 0.2) is 0 Å². The fourth-order valence-corrected chi connectivity index (χ4v) is 4.43. The number of halogens is 3. The Hall–Kier alpha value is -3.69. The van der Waals surface area contributed by atoms with Gasteiger partial charge in [-0.1, -0.05) is 18.2 Å². The van der Waals surface area contributed by atoms with Crippen LogP contribution in [-0.4, -0.2) is 46.5 Å². The van der Waals surface area contributed by atoms with Crippen LogP contribution < -0.4 is 5.32 Å². The molecule has 0 saturated carbocycles. The average Bonchev–Trinajstić information content (AvgIpc) is 3.29. The summed E-state index contributed by atoms with van der Waals surface area (Å²) in [5.41, 5.74) is 3.22. The molecule has 36 heavy (non-hydrogen) atoms. The summed E-state index contributed by atoms with van der Waals surface area (Å²) in [6, 6.07) is 14.8. The van der Waals surface area contributed by atoms with E-state index in [1.165, 1.54) is 12.1 Å². The Bertz CT molecular complexity index is 1410. The minimum Gasteiger partial charge on any atom is -0.379 e. The molecule has 1 amide bonds. The largest absolute Gasteiger partial charge is 0.416 e. The summed E-state index contributed by atoms with van der Waals surface area (Å²) in [6.07, 6.45) is -0.911. The lowest BCUT2D eigenvalue weighted by Crippen LogP contribution is -2.36. The van der Waals surface area contributed by atoms with E-state index < -0.39 is 17.6 Å². The monoisotopic (exact) mass is 494 g/mol. The van der Waals surface area contributed by atoms with Crippen molar-refractivity contribution in [2.75, 3.05) is 31.6 Å². The summed E-state index contributed by atoms with van der Waals surface area (Å²) in [5.74, 6) is -0.487. The van der Waals surface area contributed by atoms with Gasteiger partial charge in [0.1, 0.15) is 5.65 Å². The number of alkyl halides is 3. The SMILES string of the molecule is Cc1ccc(C(=O)Nc2ccc(CN3CCOCC3)c(C(F)(F)F)c2)cc1-c1cnc2ccccn12. The molecule has 0 bridgehead atoms. The minimum absolute atomic E-state index is 0.0926. The lowest BCUT2D eigenvalue weighted by molar-refractivity contribution is -0.138. The van der Waals surface area contributed by atoms with E-state index in [2.05, 4.69) is 10.3 Å². The molecule has 2 aromatic carbocycles. The summed E-state index contributed by atoms with van der Waals surface area (Å²) in [6.45, 7) is 4.28. The summed E-state index contributed by atoms with van der Waals surface area (Å²) >= 11 is 0. The summed E-state index contributed by atoms with van der Waals surface area (Å²) in [5, 5.41) is 2.64. The molecular weight excluding hydrogens is 469 g/mol. The van der Waals surface area contributed by atoms with E-state index in [1.54, 1.807) is 18.3 Å². The van der Waals surface area contributed by atoms with Crippen molar-refractivity contribution in [3.8, 4) is 11.3 Å². The van der Waals surface area contributed by atoms with E-state index in [0.717, 1.165) is 28.5 Å². The third-order valence-electron chi connectivity index (χ3n) is 6.36. The van der Waals surface area contributed by atoms with Crippen LogP contribution in [0.15, 0.2) is 67.0 Å². The Morgan fingerprint density at radius 2 is 1.89 bits per heavy atom. The number of benzene rings is 2. The number of amides is 1. The third-order valence-corrected chi connectivity index (χ3v) is 6.36. The fourth-order valence-electron chi connectivity index (χ4n) is 4.43. The van der Waals surface area contributed by atoms with Crippen molar-refractivity contribution in [3.63, 3.8) is 0 Å². The first-order chi connectivity index (χ1) is 17.3. The number of hydrogen-bond donors (Lipinski definition) is 1. The molecule has 1 N–H and O–H groups in total. The van der Waals surface area contributed by atoms with Gasteiger partial charge in [-0.15, -0.1) is 0 Å². The lowest BCUT2D eigenvalue weighted by atomic mass is 10.0. The molecule has 9 heteroatoms. The van der Waals surface area contributed by atoms with Gasteiger partial charge in [0.05, 0.1) is 30.7 Å². The van der Waals surface area contributed by atoms with Crippen LogP contribution >= 0.6 is 0 Å². The Morgan fingerprint density at radius 3 is 2.67 bits per heavy atom. The van der Waals surface area contributed by atoms with E-state index in [1.807, 2.05) is 46.7 Å². The number of anilines is 1. The molecule has 4 aromatic rings. The number of aryl methyl sites for hydroxylation is 1. The van der Waals surface area contributed by atoms with E-state index >= 15 is 0 Å². The molecule has 6 nitrogen and oxygen atoms in total. The molecule has 1 fully saturated rings. The highest BCUT2D eigenvalue weighted by molar-refractivity contribution is 6.05. The van der Waals surface area contributed by atoms with Gasteiger partial charge >= 0.3 is 6.18 Å². The van der Waals surface area contributed by atoms with Crippen molar-refractivity contribution >= 4 is 17.2 Å². The van der Waals surface area contributed by atoms with Crippen LogP contribution in [-0.2, 0) is 17.5 Å². The van der Waals surface area contributed by atoms with Gasteiger partial charge < -0.3 is 10.1 Å². The van der Waals surface area contributed by atoms with Gasteiger partial charge in [0.2, 0.25) is 0 Å². The number of morpholine rings is 1. The summed E-state index contributed by atoms with van der Waals surface area (Å²) < 4.78 is 48.8. The number of carbonyl (C=O) groups excluding carboxylic acids is 1. The molecule has 0 radical (unpaired) electrons.